The molecule has 0 aliphatic carbocycles. The Morgan fingerprint density at radius 1 is 1.00 bits per heavy atom. The van der Waals surface area contributed by atoms with Gasteiger partial charge in [-0.05, 0) is 31.2 Å². The molecule has 0 atom stereocenters. The van der Waals surface area contributed by atoms with Gasteiger partial charge in [-0.2, -0.15) is 0 Å². The molecule has 1 saturated heterocycles. The van der Waals surface area contributed by atoms with Crippen LogP contribution < -0.4 is 4.90 Å². The quantitative estimate of drug-likeness (QED) is 0.592. The summed E-state index contributed by atoms with van der Waals surface area (Å²) in [5.41, 5.74) is 1.52. The second-order valence-electron chi connectivity index (χ2n) is 6.66. The minimum absolute atomic E-state index is 0.283. The Labute approximate surface area is 179 Å². The highest BCUT2D eigenvalue weighted by Crippen LogP contribution is 2.34. The largest absolute Gasteiger partial charge is 0.450 e. The number of halogens is 2. The van der Waals surface area contributed by atoms with E-state index >= 15 is 0 Å². The lowest BCUT2D eigenvalue weighted by atomic mass is 10.1. The number of hydrogen-bond acceptors (Lipinski definition) is 5. The molecule has 2 heterocycles. The predicted octanol–water partition coefficient (Wildman–Crippen LogP) is 4.88. The number of piperazine rings is 1. The van der Waals surface area contributed by atoms with Crippen LogP contribution in [0.5, 0.6) is 0 Å². The van der Waals surface area contributed by atoms with E-state index in [1.807, 2.05) is 42.5 Å². The highest BCUT2D eigenvalue weighted by Gasteiger charge is 2.25. The van der Waals surface area contributed by atoms with Gasteiger partial charge in [0.2, 0.25) is 0 Å². The number of carbonyl (C=O) groups excluding carboxylic acids is 1. The zero-order chi connectivity index (χ0) is 20.4. The zero-order valence-electron chi connectivity index (χ0n) is 15.9. The topological polar surface area (TPSA) is 58.6 Å². The third-order valence-corrected chi connectivity index (χ3v) is 5.52. The number of ether oxygens (including phenoxy) is 1. The summed E-state index contributed by atoms with van der Waals surface area (Å²) < 4.78 is 5.11. The van der Waals surface area contributed by atoms with Crippen LogP contribution in [0, 0.1) is 0 Å². The lowest BCUT2D eigenvalue weighted by Crippen LogP contribution is -2.49. The van der Waals surface area contributed by atoms with Gasteiger partial charge in [0, 0.05) is 31.7 Å². The fraction of sp³-hybridized carbons (Fsp3) is 0.286. The molecule has 3 aromatic rings. The van der Waals surface area contributed by atoms with Crippen LogP contribution in [-0.4, -0.2) is 53.7 Å². The molecule has 1 aliphatic rings. The molecule has 150 valence electrons. The number of nitrogens with zero attached hydrogens (tertiary/aromatic N) is 4. The maximum atomic E-state index is 12.0. The SMILES string of the molecule is CCOC(=O)N1CCN(c2nc(-c3ccccc3Cl)nc3cccc(Cl)c23)CC1. The number of carbonyl (C=O) groups is 1. The maximum Gasteiger partial charge on any atom is 0.409 e. The fourth-order valence-electron chi connectivity index (χ4n) is 3.43. The molecule has 0 N–H and O–H groups in total. The number of hydrogen-bond donors (Lipinski definition) is 0. The van der Waals surface area contributed by atoms with Crippen molar-refractivity contribution in [3.8, 4) is 11.4 Å². The van der Waals surface area contributed by atoms with Crippen LogP contribution >= 0.6 is 23.2 Å². The summed E-state index contributed by atoms with van der Waals surface area (Å²) in [6.45, 7) is 4.52. The molecule has 29 heavy (non-hydrogen) atoms. The first kappa shape index (κ1) is 19.7. The normalized spacial score (nSPS) is 14.3. The smallest absolute Gasteiger partial charge is 0.409 e. The number of rotatable bonds is 3. The van der Waals surface area contributed by atoms with E-state index in [0.717, 1.165) is 22.3 Å². The first-order valence-corrected chi connectivity index (χ1v) is 10.2. The van der Waals surface area contributed by atoms with E-state index in [1.54, 1.807) is 11.8 Å². The molecule has 0 radical (unpaired) electrons. The summed E-state index contributed by atoms with van der Waals surface area (Å²) in [5, 5.41) is 1.98. The number of aromatic nitrogens is 2. The second-order valence-corrected chi connectivity index (χ2v) is 7.47. The number of benzene rings is 2. The first-order chi connectivity index (χ1) is 14.1. The third-order valence-electron chi connectivity index (χ3n) is 4.87. The van der Waals surface area contributed by atoms with Crippen molar-refractivity contribution < 1.29 is 9.53 Å². The number of amides is 1. The van der Waals surface area contributed by atoms with Crippen LogP contribution in [0.1, 0.15) is 6.92 Å². The van der Waals surface area contributed by atoms with Gasteiger partial charge in [0.05, 0.1) is 27.6 Å². The van der Waals surface area contributed by atoms with Gasteiger partial charge in [0.15, 0.2) is 5.82 Å². The number of anilines is 1. The average Bonchev–Trinajstić information content (AvgIpc) is 2.74. The van der Waals surface area contributed by atoms with Gasteiger partial charge in [-0.15, -0.1) is 0 Å². The molecule has 0 spiro atoms. The minimum atomic E-state index is -0.283. The minimum Gasteiger partial charge on any atom is -0.450 e. The Kier molecular flexibility index (Phi) is 5.74. The van der Waals surface area contributed by atoms with Crippen molar-refractivity contribution in [2.24, 2.45) is 0 Å². The van der Waals surface area contributed by atoms with Gasteiger partial charge >= 0.3 is 6.09 Å². The van der Waals surface area contributed by atoms with Gasteiger partial charge in [-0.3, -0.25) is 0 Å². The molecular formula is C21H20Cl2N4O2. The first-order valence-electron chi connectivity index (χ1n) is 9.46. The van der Waals surface area contributed by atoms with E-state index in [-0.39, 0.29) is 6.09 Å². The van der Waals surface area contributed by atoms with Crippen LogP contribution in [-0.2, 0) is 4.74 Å². The molecule has 1 aromatic heterocycles. The summed E-state index contributed by atoms with van der Waals surface area (Å²) >= 11 is 12.9. The van der Waals surface area contributed by atoms with Gasteiger partial charge in [0.25, 0.3) is 0 Å². The molecule has 1 aliphatic heterocycles. The van der Waals surface area contributed by atoms with Crippen molar-refractivity contribution in [1.29, 1.82) is 0 Å². The Hall–Kier alpha value is -2.57. The average molecular weight is 431 g/mol. The molecular weight excluding hydrogens is 411 g/mol. The Bertz CT molecular complexity index is 1050. The highest BCUT2D eigenvalue weighted by molar-refractivity contribution is 6.36. The Morgan fingerprint density at radius 3 is 2.45 bits per heavy atom. The lowest BCUT2D eigenvalue weighted by molar-refractivity contribution is 0.105. The van der Waals surface area contributed by atoms with E-state index in [4.69, 9.17) is 37.9 Å². The molecule has 0 unspecified atom stereocenters. The molecule has 4 rings (SSSR count). The summed E-state index contributed by atoms with van der Waals surface area (Å²) in [5.74, 6) is 1.30. The van der Waals surface area contributed by atoms with Gasteiger partial charge in [-0.1, -0.05) is 41.4 Å². The standard InChI is InChI=1S/C21H20Cl2N4O2/c1-2-29-21(28)27-12-10-26(11-13-27)20-18-16(23)8-5-9-17(18)24-19(25-20)14-6-3-4-7-15(14)22/h3-9H,2,10-13H2,1H3. The van der Waals surface area contributed by atoms with Crippen LogP contribution in [0.3, 0.4) is 0 Å². The Balaban J connectivity index is 1.74. The van der Waals surface area contributed by atoms with Crippen LogP contribution in [0.2, 0.25) is 10.0 Å². The van der Waals surface area contributed by atoms with E-state index in [9.17, 15) is 4.79 Å². The Morgan fingerprint density at radius 2 is 1.72 bits per heavy atom. The summed E-state index contributed by atoms with van der Waals surface area (Å²) in [4.78, 5) is 25.4. The predicted molar refractivity (Wildman–Crippen MR) is 116 cm³/mol. The van der Waals surface area contributed by atoms with E-state index in [0.29, 0.717) is 48.7 Å². The maximum absolute atomic E-state index is 12.0. The van der Waals surface area contributed by atoms with E-state index in [2.05, 4.69) is 4.90 Å². The van der Waals surface area contributed by atoms with Crippen molar-refractivity contribution in [3.63, 3.8) is 0 Å². The molecule has 6 nitrogen and oxygen atoms in total. The van der Waals surface area contributed by atoms with E-state index < -0.39 is 0 Å². The van der Waals surface area contributed by atoms with E-state index in [1.165, 1.54) is 0 Å². The molecule has 0 bridgehead atoms. The van der Waals surface area contributed by atoms with Crippen molar-refractivity contribution in [1.82, 2.24) is 14.9 Å². The summed E-state index contributed by atoms with van der Waals surface area (Å²) in [7, 11) is 0. The molecule has 2 aromatic carbocycles. The number of fused-ring (bicyclic) bond motifs is 1. The van der Waals surface area contributed by atoms with Crippen molar-refractivity contribution >= 4 is 46.0 Å². The fourth-order valence-corrected chi connectivity index (χ4v) is 3.90. The van der Waals surface area contributed by atoms with Crippen molar-refractivity contribution in [2.45, 2.75) is 6.92 Å². The van der Waals surface area contributed by atoms with Gasteiger partial charge in [0.1, 0.15) is 5.82 Å². The second kappa shape index (κ2) is 8.43. The zero-order valence-corrected chi connectivity index (χ0v) is 17.5. The molecule has 1 fully saturated rings. The van der Waals surface area contributed by atoms with Crippen molar-refractivity contribution in [3.05, 3.63) is 52.5 Å². The summed E-state index contributed by atoms with van der Waals surface area (Å²) in [6.07, 6.45) is -0.283. The van der Waals surface area contributed by atoms with Gasteiger partial charge in [-0.25, -0.2) is 14.8 Å². The molecule has 8 heteroatoms. The van der Waals surface area contributed by atoms with Gasteiger partial charge < -0.3 is 14.5 Å². The van der Waals surface area contributed by atoms with Crippen LogP contribution in [0.25, 0.3) is 22.3 Å². The third kappa shape index (κ3) is 3.95. The van der Waals surface area contributed by atoms with Crippen molar-refractivity contribution in [2.75, 3.05) is 37.7 Å². The van der Waals surface area contributed by atoms with Crippen LogP contribution in [0.15, 0.2) is 42.5 Å². The summed E-state index contributed by atoms with van der Waals surface area (Å²) in [6, 6.07) is 13.1. The monoisotopic (exact) mass is 430 g/mol. The highest BCUT2D eigenvalue weighted by atomic mass is 35.5. The molecule has 1 amide bonds. The van der Waals surface area contributed by atoms with Crippen LogP contribution in [0.4, 0.5) is 10.6 Å². The lowest BCUT2D eigenvalue weighted by Gasteiger charge is -2.35. The molecule has 0 saturated carbocycles.